The molecular formula is C17H25N3O4S2. The monoisotopic (exact) mass is 399 g/mol. The minimum Gasteiger partial charge on any atom is -0.461 e. The first-order valence-corrected chi connectivity index (χ1v) is 11.4. The maximum Gasteiger partial charge on any atom is 0.360 e. The SMILES string of the molecule is CCOC(=O)c1nc2sc3c(n2c1NS(C)(=O)=O)CCC(C(C)(C)C)C3. The van der Waals surface area contributed by atoms with Crippen LogP contribution >= 0.6 is 11.3 Å². The largest absolute Gasteiger partial charge is 0.461 e. The molecule has 2 heterocycles. The maximum absolute atomic E-state index is 12.2. The van der Waals surface area contributed by atoms with Crippen molar-refractivity contribution in [3.8, 4) is 0 Å². The Balaban J connectivity index is 2.12. The van der Waals surface area contributed by atoms with Crippen molar-refractivity contribution in [3.63, 3.8) is 0 Å². The van der Waals surface area contributed by atoms with Crippen LogP contribution in [0.25, 0.3) is 4.96 Å². The van der Waals surface area contributed by atoms with Crippen LogP contribution in [0.2, 0.25) is 0 Å². The third-order valence-electron chi connectivity index (χ3n) is 4.79. The van der Waals surface area contributed by atoms with Crippen LogP contribution in [0.15, 0.2) is 0 Å². The Morgan fingerprint density at radius 1 is 1.42 bits per heavy atom. The predicted octanol–water partition coefficient (Wildman–Crippen LogP) is 3.10. The van der Waals surface area contributed by atoms with Crippen molar-refractivity contribution >= 4 is 38.1 Å². The van der Waals surface area contributed by atoms with E-state index in [1.165, 1.54) is 16.2 Å². The first-order chi connectivity index (χ1) is 12.0. The van der Waals surface area contributed by atoms with Gasteiger partial charge in [-0.3, -0.25) is 9.12 Å². The first-order valence-electron chi connectivity index (χ1n) is 8.69. The quantitative estimate of drug-likeness (QED) is 0.798. The number of esters is 1. The Hall–Kier alpha value is -1.61. The number of anilines is 1. The van der Waals surface area contributed by atoms with E-state index in [0.717, 1.165) is 31.2 Å². The molecule has 1 aliphatic rings. The Labute approximate surface area is 157 Å². The Morgan fingerprint density at radius 3 is 2.69 bits per heavy atom. The molecule has 0 aliphatic heterocycles. The van der Waals surface area contributed by atoms with E-state index in [2.05, 4.69) is 30.5 Å². The lowest BCUT2D eigenvalue weighted by Crippen LogP contribution is -2.27. The van der Waals surface area contributed by atoms with Crippen molar-refractivity contribution in [2.75, 3.05) is 17.6 Å². The minimum atomic E-state index is -3.56. The molecule has 0 amide bonds. The molecule has 9 heteroatoms. The van der Waals surface area contributed by atoms with Crippen LogP contribution in [-0.2, 0) is 27.6 Å². The Kier molecular flexibility index (Phi) is 4.81. The van der Waals surface area contributed by atoms with Crippen molar-refractivity contribution in [2.24, 2.45) is 11.3 Å². The fourth-order valence-corrected chi connectivity index (χ4v) is 5.20. The molecule has 2 aromatic heterocycles. The molecule has 1 N–H and O–H groups in total. The molecule has 2 aromatic rings. The van der Waals surface area contributed by atoms with E-state index >= 15 is 0 Å². The highest BCUT2D eigenvalue weighted by atomic mass is 32.2. The normalized spacial score (nSPS) is 18.0. The van der Waals surface area contributed by atoms with E-state index in [-0.39, 0.29) is 23.5 Å². The van der Waals surface area contributed by atoms with Gasteiger partial charge in [0.2, 0.25) is 10.0 Å². The number of nitrogens with zero attached hydrogens (tertiary/aromatic N) is 2. The summed E-state index contributed by atoms with van der Waals surface area (Å²) in [5.41, 5.74) is 1.28. The van der Waals surface area contributed by atoms with Gasteiger partial charge in [0.1, 0.15) is 0 Å². The van der Waals surface area contributed by atoms with Gasteiger partial charge in [0.05, 0.1) is 12.9 Å². The van der Waals surface area contributed by atoms with E-state index < -0.39 is 16.0 Å². The molecule has 1 aliphatic carbocycles. The summed E-state index contributed by atoms with van der Waals surface area (Å²) in [4.78, 5) is 18.5. The lowest BCUT2D eigenvalue weighted by Gasteiger charge is -2.33. The summed E-state index contributed by atoms with van der Waals surface area (Å²) in [6.45, 7) is 8.65. The number of hydrogen-bond donors (Lipinski definition) is 1. The summed E-state index contributed by atoms with van der Waals surface area (Å²) in [6.07, 6.45) is 3.86. The number of nitrogens with one attached hydrogen (secondary N) is 1. The molecule has 0 fully saturated rings. The van der Waals surface area contributed by atoms with Crippen LogP contribution in [-0.4, -0.2) is 36.6 Å². The number of fused-ring (bicyclic) bond motifs is 3. The summed E-state index contributed by atoms with van der Waals surface area (Å²) < 4.78 is 33.0. The zero-order valence-electron chi connectivity index (χ0n) is 15.7. The minimum absolute atomic E-state index is 0.0178. The molecule has 1 atom stereocenters. The van der Waals surface area contributed by atoms with Crippen LogP contribution in [0.5, 0.6) is 0 Å². The maximum atomic E-state index is 12.2. The van der Waals surface area contributed by atoms with Gasteiger partial charge in [0, 0.05) is 10.6 Å². The van der Waals surface area contributed by atoms with Gasteiger partial charge in [0.15, 0.2) is 16.5 Å². The van der Waals surface area contributed by atoms with Gasteiger partial charge in [-0.05, 0) is 37.5 Å². The number of imidazole rings is 1. The molecule has 7 nitrogen and oxygen atoms in total. The molecule has 3 rings (SSSR count). The van der Waals surface area contributed by atoms with Gasteiger partial charge in [-0.15, -0.1) is 11.3 Å². The number of sulfonamides is 1. The van der Waals surface area contributed by atoms with Crippen molar-refractivity contribution < 1.29 is 17.9 Å². The highest BCUT2D eigenvalue weighted by Gasteiger charge is 2.33. The molecule has 1 unspecified atom stereocenters. The summed E-state index contributed by atoms with van der Waals surface area (Å²) in [5.74, 6) is 0.133. The van der Waals surface area contributed by atoms with Crippen molar-refractivity contribution in [2.45, 2.75) is 47.0 Å². The standard InChI is InChI=1S/C17H25N3O4S2/c1-6-24-15(21)13-14(19-26(5,22)23)20-11-8-7-10(17(2,3)4)9-12(11)25-16(20)18-13/h10,19H,6-9H2,1-5H3. The molecule has 0 aromatic carbocycles. The van der Waals surface area contributed by atoms with Crippen molar-refractivity contribution in [1.29, 1.82) is 0 Å². The average Bonchev–Trinajstić information content (AvgIpc) is 3.01. The third-order valence-corrected chi connectivity index (χ3v) is 6.46. The second-order valence-corrected chi connectivity index (χ2v) is 10.6. The smallest absolute Gasteiger partial charge is 0.360 e. The highest BCUT2D eigenvalue weighted by Crippen LogP contribution is 2.41. The zero-order chi connectivity index (χ0) is 19.3. The second-order valence-electron chi connectivity index (χ2n) is 7.80. The van der Waals surface area contributed by atoms with Gasteiger partial charge >= 0.3 is 5.97 Å². The molecular weight excluding hydrogens is 374 g/mol. The molecule has 0 saturated carbocycles. The average molecular weight is 400 g/mol. The fraction of sp³-hybridized carbons (Fsp3) is 0.647. The van der Waals surface area contributed by atoms with Gasteiger partial charge in [-0.1, -0.05) is 20.8 Å². The van der Waals surface area contributed by atoms with E-state index in [1.54, 1.807) is 11.3 Å². The van der Waals surface area contributed by atoms with E-state index in [0.29, 0.717) is 10.9 Å². The lowest BCUT2D eigenvalue weighted by molar-refractivity contribution is 0.0521. The first kappa shape index (κ1) is 19.2. The van der Waals surface area contributed by atoms with E-state index in [1.807, 2.05) is 0 Å². The van der Waals surface area contributed by atoms with Crippen LogP contribution in [0.4, 0.5) is 5.82 Å². The van der Waals surface area contributed by atoms with E-state index in [9.17, 15) is 13.2 Å². The van der Waals surface area contributed by atoms with Crippen LogP contribution < -0.4 is 4.72 Å². The number of aryl methyl sites for hydroxylation is 1. The summed E-state index contributed by atoms with van der Waals surface area (Å²) in [6, 6.07) is 0. The fourth-order valence-electron chi connectivity index (χ4n) is 3.41. The van der Waals surface area contributed by atoms with Crippen molar-refractivity contribution in [3.05, 3.63) is 16.3 Å². The van der Waals surface area contributed by atoms with E-state index in [4.69, 9.17) is 4.74 Å². The Morgan fingerprint density at radius 2 is 2.12 bits per heavy atom. The summed E-state index contributed by atoms with van der Waals surface area (Å²) in [5, 5.41) is 0. The number of carbonyl (C=O) groups excluding carboxylic acids is 1. The number of thiazole rings is 1. The molecule has 26 heavy (non-hydrogen) atoms. The number of rotatable bonds is 4. The van der Waals surface area contributed by atoms with Gasteiger partial charge in [-0.25, -0.2) is 18.2 Å². The number of carbonyl (C=O) groups is 1. The zero-order valence-corrected chi connectivity index (χ0v) is 17.4. The number of ether oxygens (including phenoxy) is 1. The molecule has 0 spiro atoms. The number of aromatic nitrogens is 2. The molecule has 0 saturated heterocycles. The second kappa shape index (κ2) is 6.53. The molecule has 0 radical (unpaired) electrons. The number of hydrogen-bond acceptors (Lipinski definition) is 6. The molecule has 0 bridgehead atoms. The van der Waals surface area contributed by atoms with Gasteiger partial charge in [-0.2, -0.15) is 0 Å². The van der Waals surface area contributed by atoms with Crippen LogP contribution in [0.1, 0.15) is 55.2 Å². The van der Waals surface area contributed by atoms with Crippen LogP contribution in [0.3, 0.4) is 0 Å². The lowest BCUT2D eigenvalue weighted by atomic mass is 9.73. The topological polar surface area (TPSA) is 89.8 Å². The third kappa shape index (κ3) is 3.59. The molecule has 144 valence electrons. The van der Waals surface area contributed by atoms with Gasteiger partial charge in [0.25, 0.3) is 0 Å². The van der Waals surface area contributed by atoms with Crippen LogP contribution in [0, 0.1) is 11.3 Å². The van der Waals surface area contributed by atoms with Gasteiger partial charge < -0.3 is 4.74 Å². The summed E-state index contributed by atoms with van der Waals surface area (Å²) in [7, 11) is -3.56. The summed E-state index contributed by atoms with van der Waals surface area (Å²) >= 11 is 1.53. The highest BCUT2D eigenvalue weighted by molar-refractivity contribution is 7.92. The predicted molar refractivity (Wildman–Crippen MR) is 102 cm³/mol. The Bertz CT molecular complexity index is 951. The van der Waals surface area contributed by atoms with Crippen molar-refractivity contribution in [1.82, 2.24) is 9.38 Å².